The van der Waals surface area contributed by atoms with Gasteiger partial charge in [-0.05, 0) is 12.1 Å². The van der Waals surface area contributed by atoms with E-state index in [-0.39, 0.29) is 12.5 Å². The van der Waals surface area contributed by atoms with Gasteiger partial charge >= 0.3 is 0 Å². The van der Waals surface area contributed by atoms with Crippen LogP contribution in [0.25, 0.3) is 11.3 Å². The fourth-order valence-corrected chi connectivity index (χ4v) is 3.61. The van der Waals surface area contributed by atoms with E-state index in [0.29, 0.717) is 47.8 Å². The highest BCUT2D eigenvalue weighted by Crippen LogP contribution is 2.39. The Morgan fingerprint density at radius 3 is 2.72 bits per heavy atom. The molecule has 1 amide bonds. The number of amides is 1. The summed E-state index contributed by atoms with van der Waals surface area (Å²) in [6, 6.07) is 3.58. The standard InChI is InChI=1S/C19H21FN7OP/c1-2-15-22-9-12(10-23-15)18(28)25-16-13(14-4-7-24-26-14)3-6-21-17(16)27-8-5-19(20,29)11-27/h3-4,6-7,9-10H,2,5,8,11,29H2,1H3,(H,24,26)(H,25,28). The SMILES string of the molecule is CCc1ncc(C(=O)Nc2c(-c3ccn[nH]3)ccnc2N2CCC(F)(P)C2)cn1. The van der Waals surface area contributed by atoms with E-state index in [1.807, 2.05) is 11.8 Å². The summed E-state index contributed by atoms with van der Waals surface area (Å²) in [7, 11) is 2.26. The van der Waals surface area contributed by atoms with Crippen molar-refractivity contribution >= 4 is 26.7 Å². The minimum atomic E-state index is -1.38. The number of nitrogens with one attached hydrogen (secondary N) is 2. The van der Waals surface area contributed by atoms with Crippen LogP contribution in [0.15, 0.2) is 36.9 Å². The largest absolute Gasteiger partial charge is 0.351 e. The van der Waals surface area contributed by atoms with E-state index in [9.17, 15) is 9.18 Å². The zero-order valence-corrected chi connectivity index (χ0v) is 17.0. The third-order valence-electron chi connectivity index (χ3n) is 4.79. The summed E-state index contributed by atoms with van der Waals surface area (Å²) in [6.45, 7) is 2.62. The number of anilines is 2. The van der Waals surface area contributed by atoms with Crippen LogP contribution < -0.4 is 10.2 Å². The molecular formula is C19H21FN7OP. The molecule has 1 aliphatic heterocycles. The molecule has 150 valence electrons. The summed E-state index contributed by atoms with van der Waals surface area (Å²) in [5.74, 6) is 0.816. The molecule has 2 unspecified atom stereocenters. The first-order valence-electron chi connectivity index (χ1n) is 9.30. The topological polar surface area (TPSA) is 99.7 Å². The van der Waals surface area contributed by atoms with E-state index < -0.39 is 5.41 Å². The van der Waals surface area contributed by atoms with Crippen molar-refractivity contribution < 1.29 is 9.18 Å². The van der Waals surface area contributed by atoms with Gasteiger partial charge in [0.05, 0.1) is 23.5 Å². The lowest BCUT2D eigenvalue weighted by Gasteiger charge is -2.23. The molecule has 8 nitrogen and oxygen atoms in total. The molecule has 0 aliphatic carbocycles. The molecule has 0 radical (unpaired) electrons. The second-order valence-electron chi connectivity index (χ2n) is 6.93. The lowest BCUT2D eigenvalue weighted by molar-refractivity contribution is 0.102. The first-order chi connectivity index (χ1) is 14.0. The fourth-order valence-electron chi connectivity index (χ4n) is 3.26. The molecule has 2 N–H and O–H groups in total. The minimum absolute atomic E-state index is 0.175. The van der Waals surface area contributed by atoms with Gasteiger partial charge in [-0.2, -0.15) is 5.10 Å². The van der Waals surface area contributed by atoms with Crippen LogP contribution >= 0.6 is 9.24 Å². The Balaban J connectivity index is 1.72. The molecule has 3 aromatic heterocycles. The molecule has 0 bridgehead atoms. The molecule has 1 aliphatic rings. The highest BCUT2D eigenvalue weighted by molar-refractivity contribution is 7.18. The summed E-state index contributed by atoms with van der Waals surface area (Å²) in [4.78, 5) is 27.5. The second kappa shape index (κ2) is 7.83. The van der Waals surface area contributed by atoms with Crippen molar-refractivity contribution in [1.82, 2.24) is 25.1 Å². The van der Waals surface area contributed by atoms with Gasteiger partial charge in [0.1, 0.15) is 11.2 Å². The van der Waals surface area contributed by atoms with Crippen LogP contribution in [0.2, 0.25) is 0 Å². The lowest BCUT2D eigenvalue weighted by Crippen LogP contribution is -2.26. The predicted molar refractivity (Wildman–Crippen MR) is 112 cm³/mol. The van der Waals surface area contributed by atoms with Crippen LogP contribution in [0.3, 0.4) is 0 Å². The van der Waals surface area contributed by atoms with Crippen molar-refractivity contribution in [2.24, 2.45) is 0 Å². The summed E-state index contributed by atoms with van der Waals surface area (Å²) in [5.41, 5.74) is 2.26. The van der Waals surface area contributed by atoms with Crippen molar-refractivity contribution in [3.63, 3.8) is 0 Å². The maximum atomic E-state index is 14.4. The quantitative estimate of drug-likeness (QED) is 0.624. The molecule has 4 rings (SSSR count). The molecule has 10 heteroatoms. The molecular weight excluding hydrogens is 392 g/mol. The van der Waals surface area contributed by atoms with E-state index in [2.05, 4.69) is 39.7 Å². The predicted octanol–water partition coefficient (Wildman–Crippen LogP) is 2.83. The Morgan fingerprint density at radius 2 is 2.10 bits per heavy atom. The van der Waals surface area contributed by atoms with Gasteiger partial charge in [0, 0.05) is 49.7 Å². The van der Waals surface area contributed by atoms with E-state index in [1.165, 1.54) is 12.4 Å². The van der Waals surface area contributed by atoms with Crippen molar-refractivity contribution in [2.45, 2.75) is 25.2 Å². The Hall–Kier alpha value is -2.93. The van der Waals surface area contributed by atoms with Gasteiger partial charge in [0.2, 0.25) is 0 Å². The average Bonchev–Trinajstić information content (AvgIpc) is 3.38. The minimum Gasteiger partial charge on any atom is -0.351 e. The van der Waals surface area contributed by atoms with Gasteiger partial charge in [-0.3, -0.25) is 9.89 Å². The Bertz CT molecular complexity index is 1010. The number of H-pyrrole nitrogens is 1. The van der Waals surface area contributed by atoms with Crippen LogP contribution in [0.1, 0.15) is 29.5 Å². The van der Waals surface area contributed by atoms with E-state index >= 15 is 0 Å². The molecule has 1 fully saturated rings. The number of aromatic nitrogens is 5. The Morgan fingerprint density at radius 1 is 1.31 bits per heavy atom. The first kappa shape index (κ1) is 19.4. The zero-order valence-electron chi connectivity index (χ0n) is 15.9. The van der Waals surface area contributed by atoms with Gasteiger partial charge in [-0.15, -0.1) is 0 Å². The van der Waals surface area contributed by atoms with E-state index in [4.69, 9.17) is 0 Å². The number of aromatic amines is 1. The number of pyridine rings is 1. The highest BCUT2D eigenvalue weighted by Gasteiger charge is 2.36. The van der Waals surface area contributed by atoms with Crippen molar-refractivity contribution in [3.8, 4) is 11.3 Å². The number of hydrogen-bond acceptors (Lipinski definition) is 6. The van der Waals surface area contributed by atoms with Crippen molar-refractivity contribution in [1.29, 1.82) is 0 Å². The zero-order chi connectivity index (χ0) is 20.4. The highest BCUT2D eigenvalue weighted by atomic mass is 31.0. The molecule has 3 aromatic rings. The third kappa shape index (κ3) is 4.10. The molecule has 0 aromatic carbocycles. The van der Waals surface area contributed by atoms with Crippen LogP contribution in [0.4, 0.5) is 15.9 Å². The summed E-state index contributed by atoms with van der Waals surface area (Å²) in [5, 5.41) is 8.44. The first-order valence-corrected chi connectivity index (χ1v) is 9.88. The van der Waals surface area contributed by atoms with Crippen molar-refractivity contribution in [3.05, 3.63) is 48.3 Å². The van der Waals surface area contributed by atoms with Crippen LogP contribution in [-0.4, -0.2) is 49.6 Å². The summed E-state index contributed by atoms with van der Waals surface area (Å²) >= 11 is 0. The van der Waals surface area contributed by atoms with Gasteiger partial charge in [-0.25, -0.2) is 19.3 Å². The Labute approximate surface area is 169 Å². The molecule has 1 saturated heterocycles. The number of halogens is 1. The molecule has 0 spiro atoms. The number of aryl methyl sites for hydroxylation is 1. The average molecular weight is 413 g/mol. The van der Waals surface area contributed by atoms with E-state index in [1.54, 1.807) is 24.5 Å². The molecule has 2 atom stereocenters. The molecule has 0 saturated carbocycles. The number of alkyl halides is 1. The molecule has 29 heavy (non-hydrogen) atoms. The number of nitrogens with zero attached hydrogens (tertiary/aromatic N) is 5. The smallest absolute Gasteiger partial charge is 0.258 e. The lowest BCUT2D eigenvalue weighted by atomic mass is 10.1. The number of carbonyl (C=O) groups is 1. The number of carbonyl (C=O) groups excluding carboxylic acids is 1. The maximum absolute atomic E-state index is 14.4. The Kier molecular flexibility index (Phi) is 5.24. The van der Waals surface area contributed by atoms with Crippen LogP contribution in [0, 0.1) is 0 Å². The normalized spacial score (nSPS) is 18.8. The van der Waals surface area contributed by atoms with Gasteiger partial charge in [0.15, 0.2) is 5.82 Å². The molecule has 4 heterocycles. The summed E-state index contributed by atoms with van der Waals surface area (Å²) < 4.78 is 14.4. The monoisotopic (exact) mass is 413 g/mol. The van der Waals surface area contributed by atoms with Crippen LogP contribution in [-0.2, 0) is 6.42 Å². The number of hydrogen-bond donors (Lipinski definition) is 2. The van der Waals surface area contributed by atoms with Gasteiger partial charge in [-0.1, -0.05) is 16.2 Å². The summed E-state index contributed by atoms with van der Waals surface area (Å²) in [6.07, 6.45) is 7.32. The van der Waals surface area contributed by atoms with Gasteiger partial charge in [0.25, 0.3) is 5.91 Å². The van der Waals surface area contributed by atoms with Gasteiger partial charge < -0.3 is 10.2 Å². The third-order valence-corrected chi connectivity index (χ3v) is 5.27. The van der Waals surface area contributed by atoms with Crippen LogP contribution in [0.5, 0.6) is 0 Å². The number of rotatable bonds is 5. The second-order valence-corrected chi connectivity index (χ2v) is 7.96. The van der Waals surface area contributed by atoms with E-state index in [0.717, 1.165) is 5.69 Å². The fraction of sp³-hybridized carbons (Fsp3) is 0.316. The maximum Gasteiger partial charge on any atom is 0.258 e. The van der Waals surface area contributed by atoms with Crippen molar-refractivity contribution in [2.75, 3.05) is 23.3 Å².